The molecule has 1 N–H and O–H groups in total. The van der Waals surface area contributed by atoms with Gasteiger partial charge in [0.15, 0.2) is 0 Å². The minimum Gasteiger partial charge on any atom is -0.394 e. The third-order valence-electron chi connectivity index (χ3n) is 5.92. The zero-order valence-electron chi connectivity index (χ0n) is 15.9. The van der Waals surface area contributed by atoms with Gasteiger partial charge in [-0.1, -0.05) is 57.2 Å². The molecule has 0 spiro atoms. The van der Waals surface area contributed by atoms with Crippen molar-refractivity contribution < 1.29 is 5.11 Å². The number of rotatable bonds is 4. The molecule has 0 amide bonds. The molecule has 0 fully saturated rings. The Morgan fingerprint density at radius 1 is 1.12 bits per heavy atom. The zero-order valence-corrected chi connectivity index (χ0v) is 15.9. The van der Waals surface area contributed by atoms with Gasteiger partial charge in [0.05, 0.1) is 18.8 Å². The Kier molecular flexibility index (Phi) is 4.58. The number of hydrogen-bond acceptors (Lipinski definition) is 2. The number of aromatic nitrogens is 2. The molecule has 136 valence electrons. The quantitative estimate of drug-likeness (QED) is 0.692. The number of fused-ring (bicyclic) bond motifs is 2. The smallest absolute Gasteiger partial charge is 0.0961 e. The van der Waals surface area contributed by atoms with Crippen LogP contribution in [0.4, 0.5) is 0 Å². The fourth-order valence-electron chi connectivity index (χ4n) is 4.54. The Morgan fingerprint density at radius 2 is 1.88 bits per heavy atom. The summed E-state index contributed by atoms with van der Waals surface area (Å²) in [6.07, 6.45) is 2.42. The molecule has 2 atom stereocenters. The molecule has 1 heterocycles. The highest BCUT2D eigenvalue weighted by Crippen LogP contribution is 2.46. The van der Waals surface area contributed by atoms with E-state index in [2.05, 4.69) is 67.9 Å². The summed E-state index contributed by atoms with van der Waals surface area (Å²) in [6, 6.07) is 15.1. The normalized spacial score (nSPS) is 19.9. The minimum atomic E-state index is 0.129. The summed E-state index contributed by atoms with van der Waals surface area (Å²) in [6.45, 7) is 7.63. The average Bonchev–Trinajstić information content (AvgIpc) is 3.02. The molecule has 3 heteroatoms. The van der Waals surface area contributed by atoms with Crippen LogP contribution in [0.2, 0.25) is 0 Å². The van der Waals surface area contributed by atoms with Gasteiger partial charge < -0.3 is 5.11 Å². The second-order valence-corrected chi connectivity index (χ2v) is 7.99. The molecule has 0 bridgehead atoms. The van der Waals surface area contributed by atoms with Crippen LogP contribution in [-0.4, -0.2) is 21.5 Å². The van der Waals surface area contributed by atoms with Crippen LogP contribution in [0, 0.1) is 5.92 Å². The molecule has 26 heavy (non-hydrogen) atoms. The number of benzene rings is 2. The lowest BCUT2D eigenvalue weighted by Crippen LogP contribution is -2.21. The van der Waals surface area contributed by atoms with Gasteiger partial charge in [-0.05, 0) is 41.5 Å². The Balaban J connectivity index is 1.92. The van der Waals surface area contributed by atoms with Crippen molar-refractivity contribution in [2.75, 3.05) is 6.61 Å². The summed E-state index contributed by atoms with van der Waals surface area (Å²) in [5, 5.41) is 17.1. The highest BCUT2D eigenvalue weighted by atomic mass is 16.3. The van der Waals surface area contributed by atoms with Crippen molar-refractivity contribution in [2.45, 2.75) is 52.0 Å². The molecule has 4 rings (SSSR count). The number of aliphatic hydroxyl groups excluding tert-OH is 1. The predicted octanol–water partition coefficient (Wildman–Crippen LogP) is 5.33. The fourth-order valence-corrected chi connectivity index (χ4v) is 4.54. The van der Waals surface area contributed by atoms with Crippen LogP contribution < -0.4 is 0 Å². The first-order valence-electron chi connectivity index (χ1n) is 9.80. The first-order chi connectivity index (χ1) is 12.6. The zero-order chi connectivity index (χ0) is 18.3. The second kappa shape index (κ2) is 6.88. The van der Waals surface area contributed by atoms with Gasteiger partial charge in [-0.15, -0.1) is 0 Å². The van der Waals surface area contributed by atoms with Crippen LogP contribution >= 0.6 is 0 Å². The van der Waals surface area contributed by atoms with E-state index in [0.717, 1.165) is 5.69 Å². The van der Waals surface area contributed by atoms with Crippen LogP contribution in [0.25, 0.3) is 22.0 Å². The maximum atomic E-state index is 9.57. The minimum absolute atomic E-state index is 0.129. The van der Waals surface area contributed by atoms with Crippen molar-refractivity contribution in [1.29, 1.82) is 0 Å². The summed E-state index contributed by atoms with van der Waals surface area (Å²) in [5.74, 6) is 1.61. The van der Waals surface area contributed by atoms with Crippen molar-refractivity contribution in [1.82, 2.24) is 9.78 Å². The van der Waals surface area contributed by atoms with Gasteiger partial charge in [0.25, 0.3) is 0 Å². The van der Waals surface area contributed by atoms with Crippen LogP contribution in [0.1, 0.15) is 56.7 Å². The van der Waals surface area contributed by atoms with E-state index in [0.29, 0.717) is 24.3 Å². The standard InChI is InChI=1S/C23H28N2O/c1-15(2)20-11-8-16(3)21-22(24-25(12-13-26)23(20)21)19-10-9-17-6-4-5-7-18(17)14-19/h4-7,9-10,14-16,20,26H,8,11-13H2,1-3H3/t16-,20-/m1/s1. The van der Waals surface area contributed by atoms with Crippen LogP contribution in [0.3, 0.4) is 0 Å². The van der Waals surface area contributed by atoms with Gasteiger partial charge in [-0.3, -0.25) is 4.68 Å². The highest BCUT2D eigenvalue weighted by Gasteiger charge is 2.34. The first-order valence-corrected chi connectivity index (χ1v) is 9.80. The van der Waals surface area contributed by atoms with Crippen LogP contribution in [0.5, 0.6) is 0 Å². The van der Waals surface area contributed by atoms with Crippen molar-refractivity contribution in [3.05, 3.63) is 53.7 Å². The Bertz CT molecular complexity index is 925. The van der Waals surface area contributed by atoms with E-state index in [4.69, 9.17) is 5.10 Å². The first kappa shape index (κ1) is 17.3. The number of hydrogen-bond donors (Lipinski definition) is 1. The number of aliphatic hydroxyl groups is 1. The summed E-state index contributed by atoms with van der Waals surface area (Å²) < 4.78 is 2.08. The molecule has 3 aromatic rings. The molecule has 1 aromatic heterocycles. The van der Waals surface area contributed by atoms with Crippen molar-refractivity contribution in [3.63, 3.8) is 0 Å². The molecule has 1 aliphatic rings. The van der Waals surface area contributed by atoms with E-state index >= 15 is 0 Å². The van der Waals surface area contributed by atoms with Gasteiger partial charge >= 0.3 is 0 Å². The third kappa shape index (κ3) is 2.84. The predicted molar refractivity (Wildman–Crippen MR) is 107 cm³/mol. The summed E-state index contributed by atoms with van der Waals surface area (Å²) in [4.78, 5) is 0. The summed E-state index contributed by atoms with van der Waals surface area (Å²) >= 11 is 0. The molecule has 0 saturated heterocycles. The molecular formula is C23H28N2O. The molecule has 0 radical (unpaired) electrons. The Morgan fingerprint density at radius 3 is 2.62 bits per heavy atom. The second-order valence-electron chi connectivity index (χ2n) is 7.99. The van der Waals surface area contributed by atoms with Gasteiger partial charge in [0.2, 0.25) is 0 Å². The Labute approximate surface area is 155 Å². The van der Waals surface area contributed by atoms with Crippen LogP contribution in [-0.2, 0) is 6.54 Å². The maximum absolute atomic E-state index is 9.57. The average molecular weight is 348 g/mol. The monoisotopic (exact) mass is 348 g/mol. The van der Waals surface area contributed by atoms with E-state index in [1.807, 2.05) is 0 Å². The summed E-state index contributed by atoms with van der Waals surface area (Å²) in [5.41, 5.74) is 5.06. The van der Waals surface area contributed by atoms with Gasteiger partial charge in [0, 0.05) is 22.7 Å². The summed E-state index contributed by atoms with van der Waals surface area (Å²) in [7, 11) is 0. The molecule has 3 nitrogen and oxygen atoms in total. The van der Waals surface area contributed by atoms with Crippen LogP contribution in [0.15, 0.2) is 42.5 Å². The molecule has 0 aliphatic heterocycles. The molecule has 1 aliphatic carbocycles. The van der Waals surface area contributed by atoms with E-state index in [1.54, 1.807) is 0 Å². The van der Waals surface area contributed by atoms with Crippen molar-refractivity contribution >= 4 is 10.8 Å². The molecule has 0 unspecified atom stereocenters. The molecule has 0 saturated carbocycles. The lowest BCUT2D eigenvalue weighted by molar-refractivity contribution is 0.261. The van der Waals surface area contributed by atoms with E-state index in [9.17, 15) is 5.11 Å². The van der Waals surface area contributed by atoms with Crippen molar-refractivity contribution in [2.24, 2.45) is 5.92 Å². The van der Waals surface area contributed by atoms with E-state index in [-0.39, 0.29) is 6.61 Å². The van der Waals surface area contributed by atoms with E-state index in [1.165, 1.54) is 40.4 Å². The van der Waals surface area contributed by atoms with Gasteiger partial charge in [0.1, 0.15) is 0 Å². The Hall–Kier alpha value is -2.13. The largest absolute Gasteiger partial charge is 0.394 e. The highest BCUT2D eigenvalue weighted by molar-refractivity contribution is 5.87. The lowest BCUT2D eigenvalue weighted by atomic mass is 9.75. The van der Waals surface area contributed by atoms with Gasteiger partial charge in [-0.25, -0.2) is 0 Å². The molecular weight excluding hydrogens is 320 g/mol. The fraction of sp³-hybridized carbons (Fsp3) is 0.435. The maximum Gasteiger partial charge on any atom is 0.0961 e. The SMILES string of the molecule is CC(C)[C@H]1CC[C@@H](C)c2c(-c3ccc4ccccc4c3)nn(CCO)c21. The third-order valence-corrected chi connectivity index (χ3v) is 5.92. The number of nitrogens with zero attached hydrogens (tertiary/aromatic N) is 2. The van der Waals surface area contributed by atoms with E-state index < -0.39 is 0 Å². The topological polar surface area (TPSA) is 38.0 Å². The lowest BCUT2D eigenvalue weighted by Gasteiger charge is -2.31. The molecule has 2 aromatic carbocycles. The van der Waals surface area contributed by atoms with Gasteiger partial charge in [-0.2, -0.15) is 5.10 Å². The van der Waals surface area contributed by atoms with Crippen molar-refractivity contribution in [3.8, 4) is 11.3 Å².